The number of hydrogen-bond acceptors (Lipinski definition) is 6. The van der Waals surface area contributed by atoms with Gasteiger partial charge in [0.1, 0.15) is 11.9 Å². The van der Waals surface area contributed by atoms with Crippen molar-refractivity contribution in [3.63, 3.8) is 0 Å². The first-order chi connectivity index (χ1) is 17.0. The van der Waals surface area contributed by atoms with Crippen LogP contribution in [0.25, 0.3) is 0 Å². The number of carbonyl (C=O) groups is 3. The summed E-state index contributed by atoms with van der Waals surface area (Å²) in [6.45, 7) is 2.06. The molecule has 0 spiro atoms. The number of anilines is 3. The highest BCUT2D eigenvalue weighted by atomic mass is 32.2. The number of benzene rings is 2. The van der Waals surface area contributed by atoms with E-state index in [4.69, 9.17) is 4.74 Å². The normalized spacial score (nSPS) is 22.7. The van der Waals surface area contributed by atoms with E-state index in [1.807, 2.05) is 12.1 Å². The number of hydrogen-bond donors (Lipinski definition) is 2. The van der Waals surface area contributed by atoms with E-state index in [-0.39, 0.29) is 29.7 Å². The van der Waals surface area contributed by atoms with Gasteiger partial charge in [-0.1, -0.05) is 6.07 Å². The average molecular weight is 497 g/mol. The van der Waals surface area contributed by atoms with Crippen molar-refractivity contribution in [3.8, 4) is 0 Å². The van der Waals surface area contributed by atoms with Crippen LogP contribution in [-0.4, -0.2) is 55.9 Å². The van der Waals surface area contributed by atoms with Crippen molar-refractivity contribution >= 4 is 46.7 Å². The van der Waals surface area contributed by atoms with E-state index in [9.17, 15) is 18.8 Å². The number of amides is 3. The molecule has 0 aliphatic carbocycles. The highest BCUT2D eigenvalue weighted by Gasteiger charge is 2.39. The van der Waals surface area contributed by atoms with Crippen molar-refractivity contribution in [1.82, 2.24) is 5.32 Å². The van der Waals surface area contributed by atoms with Gasteiger partial charge in [-0.2, -0.15) is 0 Å². The number of cyclic esters (lactones) is 1. The fourth-order valence-corrected chi connectivity index (χ4v) is 6.16. The van der Waals surface area contributed by atoms with E-state index >= 15 is 0 Å². The predicted molar refractivity (Wildman–Crippen MR) is 131 cm³/mol. The van der Waals surface area contributed by atoms with Crippen LogP contribution >= 0.6 is 11.8 Å². The molecule has 4 aliphatic heterocycles. The number of nitrogens with zero attached hydrogens (tertiary/aromatic N) is 2. The van der Waals surface area contributed by atoms with Crippen molar-refractivity contribution in [2.45, 2.75) is 36.2 Å². The predicted octanol–water partition coefficient (Wildman–Crippen LogP) is 3.25. The molecule has 4 aliphatic rings. The Morgan fingerprint density at radius 1 is 1.11 bits per heavy atom. The molecular formula is C25H25FN4O4S. The van der Waals surface area contributed by atoms with Gasteiger partial charge in [0.2, 0.25) is 11.8 Å². The Bertz CT molecular complexity index is 1240. The maximum Gasteiger partial charge on any atom is 0.414 e. The van der Waals surface area contributed by atoms with Crippen molar-refractivity contribution < 1.29 is 23.5 Å². The number of halogens is 1. The molecule has 2 aromatic carbocycles. The monoisotopic (exact) mass is 496 g/mol. The highest BCUT2D eigenvalue weighted by molar-refractivity contribution is 8.00. The molecule has 10 heteroatoms. The Morgan fingerprint density at radius 2 is 2.00 bits per heavy atom. The number of nitrogens with one attached hydrogen (secondary N) is 2. The molecule has 2 atom stereocenters. The summed E-state index contributed by atoms with van der Waals surface area (Å²) in [4.78, 5) is 40.8. The van der Waals surface area contributed by atoms with Gasteiger partial charge < -0.3 is 20.3 Å². The summed E-state index contributed by atoms with van der Waals surface area (Å²) in [7, 11) is 0. The summed E-state index contributed by atoms with van der Waals surface area (Å²) in [5.41, 5.74) is 3.86. The zero-order valence-corrected chi connectivity index (χ0v) is 19.8. The van der Waals surface area contributed by atoms with E-state index in [0.29, 0.717) is 68.1 Å². The SMILES string of the molecule is O=C1CSc2ccc(N3C[C@@H](CCNC[C@@H]4CN5C(=O)CCc6ccc(F)c4c65)OC3=O)cc2N1. The van der Waals surface area contributed by atoms with Crippen LogP contribution in [0.3, 0.4) is 0 Å². The first-order valence-electron chi connectivity index (χ1n) is 11.8. The van der Waals surface area contributed by atoms with Crippen molar-refractivity contribution in [3.05, 3.63) is 47.3 Å². The van der Waals surface area contributed by atoms with Gasteiger partial charge in [-0.15, -0.1) is 11.8 Å². The Hall–Kier alpha value is -3.11. The van der Waals surface area contributed by atoms with Crippen molar-refractivity contribution in [2.24, 2.45) is 0 Å². The number of aryl methyl sites for hydroxylation is 1. The van der Waals surface area contributed by atoms with Crippen LogP contribution in [0.4, 0.5) is 26.2 Å². The molecule has 0 saturated carbocycles. The van der Waals surface area contributed by atoms with Crippen molar-refractivity contribution in [2.75, 3.05) is 47.0 Å². The van der Waals surface area contributed by atoms with Gasteiger partial charge in [-0.3, -0.25) is 14.5 Å². The van der Waals surface area contributed by atoms with Gasteiger partial charge >= 0.3 is 6.09 Å². The summed E-state index contributed by atoms with van der Waals surface area (Å²) >= 11 is 1.48. The fourth-order valence-electron chi connectivity index (χ4n) is 5.37. The summed E-state index contributed by atoms with van der Waals surface area (Å²) < 4.78 is 20.2. The molecule has 8 nitrogen and oxygen atoms in total. The molecule has 0 aromatic heterocycles. The second kappa shape index (κ2) is 8.83. The highest BCUT2D eigenvalue weighted by Crippen LogP contribution is 2.43. The van der Waals surface area contributed by atoms with Crippen LogP contribution in [-0.2, 0) is 20.7 Å². The molecule has 1 fully saturated rings. The topological polar surface area (TPSA) is 91.0 Å². The number of carbonyl (C=O) groups excluding carboxylic acids is 3. The third kappa shape index (κ3) is 4.04. The second-order valence-corrected chi connectivity index (χ2v) is 10.3. The first kappa shape index (κ1) is 22.4. The van der Waals surface area contributed by atoms with Crippen LogP contribution in [0.15, 0.2) is 35.2 Å². The van der Waals surface area contributed by atoms with Crippen LogP contribution in [0.5, 0.6) is 0 Å². The Kier molecular flexibility index (Phi) is 5.64. The van der Waals surface area contributed by atoms with Gasteiger partial charge in [-0.25, -0.2) is 9.18 Å². The lowest BCUT2D eigenvalue weighted by atomic mass is 9.95. The summed E-state index contributed by atoms with van der Waals surface area (Å²) in [5, 5.41) is 6.22. The maximum absolute atomic E-state index is 14.7. The van der Waals surface area contributed by atoms with Crippen LogP contribution in [0, 0.1) is 5.82 Å². The molecule has 0 unspecified atom stereocenters. The molecule has 2 aromatic rings. The molecule has 3 amide bonds. The lowest BCUT2D eigenvalue weighted by Gasteiger charge is -2.25. The average Bonchev–Trinajstić information content (AvgIpc) is 3.42. The van der Waals surface area contributed by atoms with E-state index in [0.717, 1.165) is 16.1 Å². The quantitative estimate of drug-likeness (QED) is 0.597. The van der Waals surface area contributed by atoms with E-state index in [1.54, 1.807) is 21.9 Å². The third-order valence-electron chi connectivity index (χ3n) is 7.05. The largest absolute Gasteiger partial charge is 0.444 e. The van der Waals surface area contributed by atoms with Gasteiger partial charge in [0.15, 0.2) is 0 Å². The molecule has 0 radical (unpaired) electrons. The summed E-state index contributed by atoms with van der Waals surface area (Å²) in [6.07, 6.45) is 1.07. The van der Waals surface area contributed by atoms with E-state index in [2.05, 4.69) is 10.6 Å². The number of thioether (sulfide) groups is 1. The van der Waals surface area contributed by atoms with Gasteiger partial charge in [0, 0.05) is 41.6 Å². The standard InChI is InChI=1S/C25H25FN4O4S/c26-18-4-1-14-2-6-22(32)30-11-15(23(18)24(14)30)10-27-8-7-17-12-29(25(33)34-17)16-3-5-20-19(9-16)28-21(31)13-35-20/h1,3-5,9,15,17,27H,2,6-8,10-13H2,(H,28,31)/t15-,17-/m1/s1. The van der Waals surface area contributed by atoms with Crippen LogP contribution in [0.1, 0.15) is 29.9 Å². The smallest absolute Gasteiger partial charge is 0.414 e. The zero-order valence-electron chi connectivity index (χ0n) is 19.0. The minimum atomic E-state index is -0.406. The molecule has 1 saturated heterocycles. The number of rotatable bonds is 6. The van der Waals surface area contributed by atoms with Crippen LogP contribution < -0.4 is 20.4 Å². The maximum atomic E-state index is 14.7. The first-order valence-corrected chi connectivity index (χ1v) is 12.8. The van der Waals surface area contributed by atoms with Gasteiger partial charge in [0.25, 0.3) is 0 Å². The molecule has 0 bridgehead atoms. The number of ether oxygens (including phenoxy) is 1. The Labute approximate surface area is 206 Å². The number of fused-ring (bicyclic) bond motifs is 1. The Morgan fingerprint density at radius 3 is 2.89 bits per heavy atom. The van der Waals surface area contributed by atoms with Crippen molar-refractivity contribution in [1.29, 1.82) is 0 Å². The molecular weight excluding hydrogens is 471 g/mol. The zero-order chi connectivity index (χ0) is 24.1. The minimum absolute atomic E-state index is 0.0531. The minimum Gasteiger partial charge on any atom is -0.444 e. The lowest BCUT2D eigenvalue weighted by Crippen LogP contribution is -2.35. The molecule has 2 N–H and O–H groups in total. The van der Waals surface area contributed by atoms with E-state index < -0.39 is 6.09 Å². The summed E-state index contributed by atoms with van der Waals surface area (Å²) in [6, 6.07) is 8.88. The lowest BCUT2D eigenvalue weighted by molar-refractivity contribution is -0.118. The van der Waals surface area contributed by atoms with Gasteiger partial charge in [0.05, 0.1) is 23.7 Å². The second-order valence-electron chi connectivity index (χ2n) is 9.30. The molecule has 6 rings (SSSR count). The third-order valence-corrected chi connectivity index (χ3v) is 8.13. The molecule has 35 heavy (non-hydrogen) atoms. The molecule has 4 heterocycles. The fraction of sp³-hybridized carbons (Fsp3) is 0.400. The summed E-state index contributed by atoms with van der Waals surface area (Å²) in [5.74, 6) is 0.0423. The molecule has 182 valence electrons. The Balaban J connectivity index is 1.05. The van der Waals surface area contributed by atoms with Gasteiger partial charge in [-0.05, 0) is 49.2 Å². The van der Waals surface area contributed by atoms with E-state index in [1.165, 1.54) is 17.8 Å². The van der Waals surface area contributed by atoms with Crippen LogP contribution in [0.2, 0.25) is 0 Å².